The molecule has 3 N–H and O–H groups in total. The largest absolute Gasteiger partial charge is 0.457 e. The first-order valence-electron chi connectivity index (χ1n) is 16.2. The molecule has 50 heavy (non-hydrogen) atoms. The zero-order valence-corrected chi connectivity index (χ0v) is 28.2. The van der Waals surface area contributed by atoms with Gasteiger partial charge in [-0.1, -0.05) is 91.9 Å². The molecule has 0 aromatic heterocycles. The van der Waals surface area contributed by atoms with Gasteiger partial charge in [-0.15, -0.1) is 11.8 Å². The first-order valence-corrected chi connectivity index (χ1v) is 17.1. The van der Waals surface area contributed by atoms with Crippen LogP contribution in [0.15, 0.2) is 162 Å². The van der Waals surface area contributed by atoms with E-state index in [9.17, 15) is 14.4 Å². The van der Waals surface area contributed by atoms with Crippen LogP contribution >= 0.6 is 11.8 Å². The summed E-state index contributed by atoms with van der Waals surface area (Å²) in [6, 6.07) is 46.5. The standard InChI is InChI=1S/C42H35N3O4S/c1-2-39(42(48)43-32-23-25-35(26-24-32)49-34-19-7-4-8-20-34)50-36-21-12-18-33(28-36)44-41(47)38(45-40(46)30-14-5-3-6-15-30)27-31-17-11-16-29-13-9-10-22-37(29)31/h3-28,39H,2H2,1H3,(H,43,48)(H,44,47)(H,45,46)/b38-27+. The highest BCUT2D eigenvalue weighted by molar-refractivity contribution is 8.00. The summed E-state index contributed by atoms with van der Waals surface area (Å²) in [6.45, 7) is 1.96. The van der Waals surface area contributed by atoms with Crippen molar-refractivity contribution in [2.24, 2.45) is 0 Å². The van der Waals surface area contributed by atoms with E-state index in [4.69, 9.17) is 4.74 Å². The minimum Gasteiger partial charge on any atom is -0.457 e. The number of para-hydroxylation sites is 1. The van der Waals surface area contributed by atoms with Crippen LogP contribution in [0, 0.1) is 0 Å². The maximum Gasteiger partial charge on any atom is 0.272 e. The van der Waals surface area contributed by atoms with E-state index in [1.165, 1.54) is 11.8 Å². The maximum absolute atomic E-state index is 13.8. The number of anilines is 2. The third-order valence-electron chi connectivity index (χ3n) is 7.79. The van der Waals surface area contributed by atoms with Crippen molar-refractivity contribution >= 4 is 57.7 Å². The lowest BCUT2D eigenvalue weighted by Gasteiger charge is -2.16. The number of carbonyl (C=O) groups excluding carboxylic acids is 3. The van der Waals surface area contributed by atoms with Crippen LogP contribution < -0.4 is 20.7 Å². The van der Waals surface area contributed by atoms with Crippen molar-refractivity contribution in [2.75, 3.05) is 10.6 Å². The Kier molecular flexibility index (Phi) is 11.0. The Balaban J connectivity index is 1.15. The summed E-state index contributed by atoms with van der Waals surface area (Å²) < 4.78 is 5.85. The quantitative estimate of drug-likeness (QED) is 0.0886. The van der Waals surface area contributed by atoms with Gasteiger partial charge < -0.3 is 20.7 Å². The summed E-state index contributed by atoms with van der Waals surface area (Å²) in [4.78, 5) is 41.0. The topological polar surface area (TPSA) is 96.5 Å². The van der Waals surface area contributed by atoms with Crippen LogP contribution in [0.25, 0.3) is 16.8 Å². The van der Waals surface area contributed by atoms with Gasteiger partial charge in [0.1, 0.15) is 17.2 Å². The van der Waals surface area contributed by atoms with E-state index in [1.54, 1.807) is 36.4 Å². The molecule has 6 aromatic carbocycles. The third-order valence-corrected chi connectivity index (χ3v) is 9.14. The van der Waals surface area contributed by atoms with Crippen molar-refractivity contribution in [3.63, 3.8) is 0 Å². The van der Waals surface area contributed by atoms with Gasteiger partial charge >= 0.3 is 0 Å². The number of nitrogens with one attached hydrogen (secondary N) is 3. The zero-order chi connectivity index (χ0) is 34.7. The second-order valence-electron chi connectivity index (χ2n) is 11.4. The van der Waals surface area contributed by atoms with E-state index in [1.807, 2.05) is 128 Å². The summed E-state index contributed by atoms with van der Waals surface area (Å²) in [5.41, 5.74) is 2.52. The predicted molar refractivity (Wildman–Crippen MR) is 202 cm³/mol. The van der Waals surface area contributed by atoms with E-state index in [-0.39, 0.29) is 16.9 Å². The van der Waals surface area contributed by atoms with Crippen molar-refractivity contribution in [1.29, 1.82) is 0 Å². The van der Waals surface area contributed by atoms with E-state index < -0.39 is 11.8 Å². The fourth-order valence-electron chi connectivity index (χ4n) is 5.26. The van der Waals surface area contributed by atoms with Crippen molar-refractivity contribution in [3.05, 3.63) is 168 Å². The number of carbonyl (C=O) groups is 3. The number of fused-ring (bicyclic) bond motifs is 1. The molecule has 0 heterocycles. The molecule has 0 bridgehead atoms. The van der Waals surface area contributed by atoms with Crippen molar-refractivity contribution in [2.45, 2.75) is 23.5 Å². The minimum atomic E-state index is -0.478. The molecule has 0 spiro atoms. The molecule has 6 rings (SSSR count). The van der Waals surface area contributed by atoms with E-state index in [0.29, 0.717) is 29.1 Å². The number of thioether (sulfide) groups is 1. The number of amides is 3. The minimum absolute atomic E-state index is 0.0965. The average Bonchev–Trinajstić information content (AvgIpc) is 3.15. The smallest absolute Gasteiger partial charge is 0.272 e. The molecule has 8 heteroatoms. The highest BCUT2D eigenvalue weighted by Gasteiger charge is 2.20. The zero-order valence-electron chi connectivity index (χ0n) is 27.3. The third kappa shape index (κ3) is 8.86. The molecule has 0 saturated heterocycles. The molecule has 0 radical (unpaired) electrons. The molecule has 248 valence electrons. The summed E-state index contributed by atoms with van der Waals surface area (Å²) in [7, 11) is 0. The van der Waals surface area contributed by atoms with Gasteiger partial charge in [-0.25, -0.2) is 0 Å². The predicted octanol–water partition coefficient (Wildman–Crippen LogP) is 9.55. The lowest BCUT2D eigenvalue weighted by atomic mass is 10.0. The SMILES string of the molecule is CCC(Sc1cccc(NC(=O)/C(=C\c2cccc3ccccc23)NC(=O)c2ccccc2)c1)C(=O)Nc1ccc(Oc2ccccc2)cc1. The fraction of sp³-hybridized carbons (Fsp3) is 0.0714. The van der Waals surface area contributed by atoms with Crippen LogP contribution in [0.4, 0.5) is 11.4 Å². The number of hydrogen-bond donors (Lipinski definition) is 3. The molecule has 0 aliphatic carbocycles. The molecule has 1 atom stereocenters. The molecule has 3 amide bonds. The number of hydrogen-bond acceptors (Lipinski definition) is 5. The Bertz CT molecular complexity index is 2130. The number of ether oxygens (including phenoxy) is 1. The van der Waals surface area contributed by atoms with Crippen molar-refractivity contribution in [3.8, 4) is 11.5 Å². The maximum atomic E-state index is 13.8. The Morgan fingerprint density at radius 1 is 0.680 bits per heavy atom. The lowest BCUT2D eigenvalue weighted by molar-refractivity contribution is -0.116. The van der Waals surface area contributed by atoms with Gasteiger partial charge in [0, 0.05) is 21.8 Å². The first kappa shape index (κ1) is 33.8. The normalized spacial score (nSPS) is 11.7. The summed E-state index contributed by atoms with van der Waals surface area (Å²) in [5, 5.41) is 10.4. The fourth-order valence-corrected chi connectivity index (χ4v) is 6.27. The van der Waals surface area contributed by atoms with Gasteiger partial charge in [-0.2, -0.15) is 0 Å². The molecule has 7 nitrogen and oxygen atoms in total. The number of benzene rings is 6. The molecule has 1 unspecified atom stereocenters. The molecular weight excluding hydrogens is 643 g/mol. The van der Waals surface area contributed by atoms with Crippen LogP contribution in [0.2, 0.25) is 0 Å². The van der Waals surface area contributed by atoms with Gasteiger partial charge in [0.25, 0.3) is 11.8 Å². The van der Waals surface area contributed by atoms with E-state index >= 15 is 0 Å². The molecule has 0 saturated carbocycles. The summed E-state index contributed by atoms with van der Waals surface area (Å²) in [5.74, 6) is 0.400. The Hall–Kier alpha value is -6.12. The Labute approximate surface area is 295 Å². The first-order chi connectivity index (χ1) is 24.4. The van der Waals surface area contributed by atoms with Gasteiger partial charge in [0.05, 0.1) is 5.25 Å². The van der Waals surface area contributed by atoms with Crippen LogP contribution in [-0.4, -0.2) is 23.0 Å². The van der Waals surface area contributed by atoms with Gasteiger partial charge in [-0.3, -0.25) is 14.4 Å². The highest BCUT2D eigenvalue weighted by Crippen LogP contribution is 2.30. The monoisotopic (exact) mass is 677 g/mol. The van der Waals surface area contributed by atoms with Gasteiger partial charge in [0.2, 0.25) is 5.91 Å². The van der Waals surface area contributed by atoms with Crippen LogP contribution in [0.3, 0.4) is 0 Å². The second kappa shape index (κ2) is 16.3. The highest BCUT2D eigenvalue weighted by atomic mass is 32.2. The van der Waals surface area contributed by atoms with Crippen LogP contribution in [0.1, 0.15) is 29.3 Å². The molecule has 0 fully saturated rings. The second-order valence-corrected chi connectivity index (χ2v) is 12.6. The lowest BCUT2D eigenvalue weighted by Crippen LogP contribution is -2.30. The molecular formula is C42H35N3O4S. The molecule has 0 aliphatic heterocycles. The molecule has 0 aliphatic rings. The van der Waals surface area contributed by atoms with E-state index in [2.05, 4.69) is 16.0 Å². The van der Waals surface area contributed by atoms with Gasteiger partial charge in [0.15, 0.2) is 0 Å². The Morgan fingerprint density at radius 2 is 1.34 bits per heavy atom. The Morgan fingerprint density at radius 3 is 2.10 bits per heavy atom. The number of rotatable bonds is 12. The van der Waals surface area contributed by atoms with E-state index in [0.717, 1.165) is 27.0 Å². The summed E-state index contributed by atoms with van der Waals surface area (Å²) >= 11 is 1.41. The summed E-state index contributed by atoms with van der Waals surface area (Å²) in [6.07, 6.45) is 2.28. The van der Waals surface area contributed by atoms with Crippen LogP contribution in [-0.2, 0) is 9.59 Å². The molecule has 6 aromatic rings. The van der Waals surface area contributed by atoms with Crippen LogP contribution in [0.5, 0.6) is 11.5 Å². The van der Waals surface area contributed by atoms with Crippen molar-refractivity contribution in [1.82, 2.24) is 5.32 Å². The average molecular weight is 678 g/mol. The van der Waals surface area contributed by atoms with Gasteiger partial charge in [-0.05, 0) is 95.6 Å². The van der Waals surface area contributed by atoms with Crippen molar-refractivity contribution < 1.29 is 19.1 Å².